The van der Waals surface area contributed by atoms with Crippen molar-refractivity contribution < 1.29 is 4.79 Å². The number of hydrogen-bond acceptors (Lipinski definition) is 2. The first kappa shape index (κ1) is 18.5. The number of piperidine rings is 1. The van der Waals surface area contributed by atoms with Crippen LogP contribution < -0.4 is 0 Å². The van der Waals surface area contributed by atoms with Crippen LogP contribution in [0.2, 0.25) is 0 Å². The summed E-state index contributed by atoms with van der Waals surface area (Å²) in [6.45, 7) is 9.06. The van der Waals surface area contributed by atoms with Crippen LogP contribution in [0.1, 0.15) is 45.1 Å². The lowest BCUT2D eigenvalue weighted by Gasteiger charge is -2.34. The normalized spacial score (nSPS) is 16.5. The van der Waals surface area contributed by atoms with Crippen LogP contribution >= 0.6 is 15.9 Å². The summed E-state index contributed by atoms with van der Waals surface area (Å²) in [7, 11) is 0. The van der Waals surface area contributed by atoms with Gasteiger partial charge in [-0.3, -0.25) is 9.69 Å². The van der Waals surface area contributed by atoms with Crippen LogP contribution in [0.5, 0.6) is 0 Å². The third kappa shape index (κ3) is 5.61. The maximum Gasteiger partial charge on any atom is 0.225 e. The first-order chi connectivity index (χ1) is 11.1. The lowest BCUT2D eigenvalue weighted by molar-refractivity contribution is -0.137. The van der Waals surface area contributed by atoms with Gasteiger partial charge in [0.15, 0.2) is 0 Å². The SMILES string of the molecule is CCCCN(CC)C(=O)C1CCN(Cc2cccc(Br)c2)CC1. The predicted molar refractivity (Wildman–Crippen MR) is 99.3 cm³/mol. The minimum atomic E-state index is 0.227. The van der Waals surface area contributed by atoms with E-state index < -0.39 is 0 Å². The Kier molecular flexibility index (Phi) is 7.57. The van der Waals surface area contributed by atoms with Crippen LogP contribution in [0, 0.1) is 5.92 Å². The van der Waals surface area contributed by atoms with Gasteiger partial charge in [-0.15, -0.1) is 0 Å². The van der Waals surface area contributed by atoms with E-state index >= 15 is 0 Å². The van der Waals surface area contributed by atoms with Gasteiger partial charge in [0, 0.05) is 30.0 Å². The monoisotopic (exact) mass is 380 g/mol. The zero-order chi connectivity index (χ0) is 16.7. The maximum absolute atomic E-state index is 12.6. The van der Waals surface area contributed by atoms with Crippen molar-refractivity contribution in [2.45, 2.75) is 46.1 Å². The molecule has 1 heterocycles. The second-order valence-electron chi connectivity index (χ2n) is 6.45. The molecule has 23 heavy (non-hydrogen) atoms. The summed E-state index contributed by atoms with van der Waals surface area (Å²) in [5.74, 6) is 0.605. The van der Waals surface area contributed by atoms with E-state index in [-0.39, 0.29) is 5.92 Å². The Balaban J connectivity index is 1.82. The number of amides is 1. The first-order valence-corrected chi connectivity index (χ1v) is 9.69. The van der Waals surface area contributed by atoms with Gasteiger partial charge in [0.2, 0.25) is 5.91 Å². The van der Waals surface area contributed by atoms with Crippen LogP contribution in [0.25, 0.3) is 0 Å². The summed E-state index contributed by atoms with van der Waals surface area (Å²) in [6.07, 6.45) is 4.25. The molecule has 1 aromatic rings. The molecule has 1 saturated heterocycles. The molecular weight excluding hydrogens is 352 g/mol. The molecule has 0 aliphatic carbocycles. The summed E-state index contributed by atoms with van der Waals surface area (Å²) in [5, 5.41) is 0. The van der Waals surface area contributed by atoms with Crippen molar-refractivity contribution in [2.75, 3.05) is 26.2 Å². The highest BCUT2D eigenvalue weighted by molar-refractivity contribution is 9.10. The van der Waals surface area contributed by atoms with Crippen molar-refractivity contribution in [3.63, 3.8) is 0 Å². The largest absolute Gasteiger partial charge is 0.343 e. The molecule has 1 aliphatic heterocycles. The molecule has 4 heteroatoms. The molecular formula is C19H29BrN2O. The van der Waals surface area contributed by atoms with Gasteiger partial charge in [0.1, 0.15) is 0 Å². The summed E-state index contributed by atoms with van der Waals surface area (Å²) in [4.78, 5) is 17.2. The van der Waals surface area contributed by atoms with Crippen molar-refractivity contribution in [2.24, 2.45) is 5.92 Å². The number of benzene rings is 1. The number of carbonyl (C=O) groups is 1. The van der Waals surface area contributed by atoms with E-state index in [2.05, 4.69) is 63.8 Å². The molecule has 1 aromatic carbocycles. The molecule has 0 N–H and O–H groups in total. The number of hydrogen-bond donors (Lipinski definition) is 0. The molecule has 0 bridgehead atoms. The summed E-state index contributed by atoms with van der Waals surface area (Å²) < 4.78 is 1.13. The van der Waals surface area contributed by atoms with Gasteiger partial charge < -0.3 is 4.90 Å². The van der Waals surface area contributed by atoms with Crippen LogP contribution in [-0.2, 0) is 11.3 Å². The van der Waals surface area contributed by atoms with Crippen molar-refractivity contribution in [1.82, 2.24) is 9.80 Å². The molecule has 1 aliphatic rings. The van der Waals surface area contributed by atoms with Crippen molar-refractivity contribution in [1.29, 1.82) is 0 Å². The van der Waals surface area contributed by atoms with Crippen molar-refractivity contribution in [3.8, 4) is 0 Å². The van der Waals surface area contributed by atoms with Gasteiger partial charge >= 0.3 is 0 Å². The quantitative estimate of drug-likeness (QED) is 0.703. The average molecular weight is 381 g/mol. The third-order valence-electron chi connectivity index (χ3n) is 4.71. The fourth-order valence-electron chi connectivity index (χ4n) is 3.26. The third-order valence-corrected chi connectivity index (χ3v) is 5.20. The second kappa shape index (κ2) is 9.43. The molecule has 2 rings (SSSR count). The molecule has 0 aromatic heterocycles. The Morgan fingerprint density at radius 3 is 2.65 bits per heavy atom. The summed E-state index contributed by atoms with van der Waals surface area (Å²) in [6, 6.07) is 8.50. The van der Waals surface area contributed by atoms with E-state index in [9.17, 15) is 4.79 Å². The first-order valence-electron chi connectivity index (χ1n) is 8.89. The number of nitrogens with zero attached hydrogens (tertiary/aromatic N) is 2. The zero-order valence-corrected chi connectivity index (χ0v) is 16.0. The second-order valence-corrected chi connectivity index (χ2v) is 7.37. The highest BCUT2D eigenvalue weighted by Crippen LogP contribution is 2.22. The van der Waals surface area contributed by atoms with E-state index in [1.807, 2.05) is 0 Å². The van der Waals surface area contributed by atoms with Crippen LogP contribution in [-0.4, -0.2) is 41.9 Å². The number of carbonyl (C=O) groups excluding carboxylic acids is 1. The predicted octanol–water partition coefficient (Wildman–Crippen LogP) is 4.31. The smallest absolute Gasteiger partial charge is 0.225 e. The van der Waals surface area contributed by atoms with E-state index in [0.29, 0.717) is 5.91 Å². The lowest BCUT2D eigenvalue weighted by atomic mass is 9.94. The van der Waals surface area contributed by atoms with Crippen molar-refractivity contribution in [3.05, 3.63) is 34.3 Å². The molecule has 0 unspecified atom stereocenters. The van der Waals surface area contributed by atoms with Crippen LogP contribution in [0.15, 0.2) is 28.7 Å². The molecule has 0 saturated carbocycles. The van der Waals surface area contributed by atoms with Gasteiger partial charge in [0.25, 0.3) is 0 Å². The molecule has 128 valence electrons. The molecule has 0 radical (unpaired) electrons. The topological polar surface area (TPSA) is 23.6 Å². The van der Waals surface area contributed by atoms with E-state index in [4.69, 9.17) is 0 Å². The maximum atomic E-state index is 12.6. The van der Waals surface area contributed by atoms with Crippen LogP contribution in [0.3, 0.4) is 0 Å². The van der Waals surface area contributed by atoms with E-state index in [1.165, 1.54) is 5.56 Å². The average Bonchev–Trinajstić information content (AvgIpc) is 2.56. The Hall–Kier alpha value is -0.870. The molecule has 1 amide bonds. The van der Waals surface area contributed by atoms with Gasteiger partial charge in [-0.05, 0) is 57.0 Å². The van der Waals surface area contributed by atoms with Gasteiger partial charge in [-0.2, -0.15) is 0 Å². The Morgan fingerprint density at radius 2 is 2.04 bits per heavy atom. The lowest BCUT2D eigenvalue weighted by Crippen LogP contribution is -2.42. The number of likely N-dealkylation sites (tertiary alicyclic amines) is 1. The fourth-order valence-corrected chi connectivity index (χ4v) is 3.71. The summed E-state index contributed by atoms with van der Waals surface area (Å²) >= 11 is 3.53. The molecule has 0 spiro atoms. The van der Waals surface area contributed by atoms with Crippen LogP contribution in [0.4, 0.5) is 0 Å². The Morgan fingerprint density at radius 1 is 1.30 bits per heavy atom. The van der Waals surface area contributed by atoms with Gasteiger partial charge in [-0.1, -0.05) is 41.4 Å². The molecule has 3 nitrogen and oxygen atoms in total. The standard InChI is InChI=1S/C19H29BrN2O/c1-3-5-11-22(4-2)19(23)17-9-12-21(13-10-17)15-16-7-6-8-18(20)14-16/h6-8,14,17H,3-5,9-13,15H2,1-2H3. The minimum Gasteiger partial charge on any atom is -0.343 e. The number of rotatable bonds is 7. The number of halogens is 1. The Bertz CT molecular complexity index is 498. The Labute approximate surface area is 149 Å². The molecule has 0 atom stereocenters. The fraction of sp³-hybridized carbons (Fsp3) is 0.632. The van der Waals surface area contributed by atoms with Crippen molar-refractivity contribution >= 4 is 21.8 Å². The van der Waals surface area contributed by atoms with Gasteiger partial charge in [-0.25, -0.2) is 0 Å². The van der Waals surface area contributed by atoms with E-state index in [1.54, 1.807) is 0 Å². The van der Waals surface area contributed by atoms with Gasteiger partial charge in [0.05, 0.1) is 0 Å². The summed E-state index contributed by atoms with van der Waals surface area (Å²) in [5.41, 5.74) is 1.34. The van der Waals surface area contributed by atoms with E-state index in [0.717, 1.165) is 62.9 Å². The highest BCUT2D eigenvalue weighted by atomic mass is 79.9. The molecule has 1 fully saturated rings. The minimum absolute atomic E-state index is 0.227. The zero-order valence-electron chi connectivity index (χ0n) is 14.4. The highest BCUT2D eigenvalue weighted by Gasteiger charge is 2.27. The number of unbranched alkanes of at least 4 members (excludes halogenated alkanes) is 1.